The number of fused-ring (bicyclic) bond motifs is 1. The van der Waals surface area contributed by atoms with Crippen molar-refractivity contribution in [2.24, 2.45) is 0 Å². The molecule has 0 saturated carbocycles. The molecular formula is C37H41N3O5. The first-order chi connectivity index (χ1) is 21.9. The van der Waals surface area contributed by atoms with Crippen LogP contribution in [0.2, 0.25) is 0 Å². The number of aliphatic carboxylic acids is 1. The summed E-state index contributed by atoms with van der Waals surface area (Å²) >= 11 is 0. The third-order valence-electron chi connectivity index (χ3n) is 9.17. The molecule has 2 fully saturated rings. The van der Waals surface area contributed by atoms with Gasteiger partial charge in [0.25, 0.3) is 0 Å². The van der Waals surface area contributed by atoms with E-state index in [1.54, 1.807) is 7.11 Å². The molecule has 2 aliphatic rings. The van der Waals surface area contributed by atoms with Gasteiger partial charge in [-0.05, 0) is 73.2 Å². The summed E-state index contributed by atoms with van der Waals surface area (Å²) in [7, 11) is 1.63. The number of nitrogens with zero attached hydrogens (tertiary/aromatic N) is 3. The van der Waals surface area contributed by atoms with E-state index in [9.17, 15) is 9.90 Å². The number of piperidine rings is 1. The number of hydrogen-bond acceptors (Lipinski definition) is 7. The van der Waals surface area contributed by atoms with E-state index in [0.717, 1.165) is 80.0 Å². The maximum atomic E-state index is 11.9. The highest BCUT2D eigenvalue weighted by atomic mass is 16.5. The molecule has 2 aliphatic heterocycles. The number of methoxy groups -OCH3 is 1. The van der Waals surface area contributed by atoms with Crippen molar-refractivity contribution in [1.29, 1.82) is 0 Å². The van der Waals surface area contributed by atoms with Crippen LogP contribution in [0.3, 0.4) is 0 Å². The highest BCUT2D eigenvalue weighted by Crippen LogP contribution is 2.37. The lowest BCUT2D eigenvalue weighted by atomic mass is 9.91. The number of carboxylic acids is 1. The molecule has 3 heterocycles. The number of hydrogen-bond donors (Lipinski definition) is 1. The number of rotatable bonds is 8. The first-order valence-corrected chi connectivity index (χ1v) is 15.8. The van der Waals surface area contributed by atoms with Crippen molar-refractivity contribution in [2.75, 3.05) is 46.5 Å². The quantitative estimate of drug-likeness (QED) is 0.240. The van der Waals surface area contributed by atoms with E-state index in [4.69, 9.17) is 18.9 Å². The zero-order valence-corrected chi connectivity index (χ0v) is 26.4. The molecule has 1 unspecified atom stereocenters. The van der Waals surface area contributed by atoms with Crippen LogP contribution in [0.1, 0.15) is 41.5 Å². The maximum absolute atomic E-state index is 11.9. The number of ether oxygens (including phenoxy) is 2. The Hall–Kier alpha value is -4.16. The van der Waals surface area contributed by atoms with Crippen LogP contribution in [0.5, 0.6) is 5.75 Å². The summed E-state index contributed by atoms with van der Waals surface area (Å²) in [4.78, 5) is 21.1. The molecule has 8 nitrogen and oxygen atoms in total. The van der Waals surface area contributed by atoms with E-state index in [-0.39, 0.29) is 0 Å². The SMILES string of the molecule is COc1cc2oc(-c3cccc(-c4cccc(CC#CCN5CCOCC5)c4C)c3C)nc2cc1CN1CCCCC1C(=O)O. The molecule has 2 saturated heterocycles. The fourth-order valence-corrected chi connectivity index (χ4v) is 6.52. The van der Waals surface area contributed by atoms with Crippen LogP contribution in [0.4, 0.5) is 0 Å². The van der Waals surface area contributed by atoms with Gasteiger partial charge in [0.15, 0.2) is 5.58 Å². The lowest BCUT2D eigenvalue weighted by molar-refractivity contribution is -0.144. The van der Waals surface area contributed by atoms with Crippen molar-refractivity contribution in [2.45, 2.75) is 52.1 Å². The Balaban J connectivity index is 1.26. The number of carbonyl (C=O) groups is 1. The summed E-state index contributed by atoms with van der Waals surface area (Å²) in [5.74, 6) is 7.18. The average molecular weight is 608 g/mol. The lowest BCUT2D eigenvalue weighted by Crippen LogP contribution is -2.44. The third-order valence-corrected chi connectivity index (χ3v) is 9.17. The summed E-state index contributed by atoms with van der Waals surface area (Å²) in [5.41, 5.74) is 9.06. The van der Waals surface area contributed by atoms with Crippen LogP contribution in [-0.2, 0) is 22.5 Å². The molecule has 0 radical (unpaired) electrons. The standard InChI is InChI=1S/C37H41N3O5/c1-25-27(10-4-6-16-39-18-20-44-21-19-39)11-8-12-29(25)30-13-9-14-31(26(30)2)36-38-32-22-28(34(43-3)23-35(32)45-36)24-40-17-7-5-15-33(40)37(41)42/h8-9,11-14,22-23,33H,5,7,10,15-21,24H2,1-3H3,(H,41,42). The molecule has 0 aliphatic carbocycles. The van der Waals surface area contributed by atoms with Gasteiger partial charge in [0.05, 0.1) is 26.9 Å². The fraction of sp³-hybridized carbons (Fsp3) is 0.405. The maximum Gasteiger partial charge on any atom is 0.320 e. The Labute approximate surface area is 265 Å². The van der Waals surface area contributed by atoms with Crippen LogP contribution >= 0.6 is 0 Å². The van der Waals surface area contributed by atoms with Gasteiger partial charge in [-0.1, -0.05) is 48.6 Å². The molecular weight excluding hydrogens is 566 g/mol. The summed E-state index contributed by atoms with van der Waals surface area (Å²) in [6.45, 7) is 9.76. The van der Waals surface area contributed by atoms with Crippen molar-refractivity contribution in [3.63, 3.8) is 0 Å². The molecule has 0 spiro atoms. The van der Waals surface area contributed by atoms with Crippen LogP contribution < -0.4 is 4.74 Å². The van der Waals surface area contributed by atoms with Gasteiger partial charge >= 0.3 is 5.97 Å². The molecule has 8 heteroatoms. The molecule has 1 atom stereocenters. The van der Waals surface area contributed by atoms with Gasteiger partial charge in [0.2, 0.25) is 5.89 Å². The van der Waals surface area contributed by atoms with E-state index >= 15 is 0 Å². The smallest absolute Gasteiger partial charge is 0.320 e. The summed E-state index contributed by atoms with van der Waals surface area (Å²) < 4.78 is 17.5. The summed E-state index contributed by atoms with van der Waals surface area (Å²) in [6, 6.07) is 16.0. The molecule has 3 aromatic carbocycles. The van der Waals surface area contributed by atoms with Gasteiger partial charge in [0, 0.05) is 43.2 Å². The second-order valence-electron chi connectivity index (χ2n) is 12.0. The summed E-state index contributed by atoms with van der Waals surface area (Å²) in [5, 5.41) is 9.76. The number of oxazole rings is 1. The van der Waals surface area contributed by atoms with Crippen LogP contribution in [-0.4, -0.2) is 78.4 Å². The topological polar surface area (TPSA) is 88.3 Å². The number of benzene rings is 3. The Bertz CT molecular complexity index is 1740. The van der Waals surface area contributed by atoms with E-state index in [2.05, 4.69) is 60.9 Å². The van der Waals surface area contributed by atoms with Crippen molar-refractivity contribution in [3.05, 3.63) is 70.8 Å². The monoisotopic (exact) mass is 607 g/mol. The Morgan fingerprint density at radius 2 is 1.73 bits per heavy atom. The van der Waals surface area contributed by atoms with Crippen LogP contribution in [0.15, 0.2) is 52.9 Å². The third kappa shape index (κ3) is 6.76. The predicted octanol–water partition coefficient (Wildman–Crippen LogP) is 6.10. The van der Waals surface area contributed by atoms with Gasteiger partial charge in [0.1, 0.15) is 17.3 Å². The molecule has 4 aromatic rings. The molecule has 1 N–H and O–H groups in total. The van der Waals surface area contributed by atoms with Gasteiger partial charge in [-0.3, -0.25) is 14.6 Å². The van der Waals surface area contributed by atoms with Crippen molar-refractivity contribution in [1.82, 2.24) is 14.8 Å². The zero-order chi connectivity index (χ0) is 31.3. The Kier molecular flexibility index (Phi) is 9.50. The predicted molar refractivity (Wildman–Crippen MR) is 175 cm³/mol. The van der Waals surface area contributed by atoms with E-state index in [1.165, 1.54) is 16.7 Å². The normalized spacial score (nSPS) is 17.6. The first kappa shape index (κ1) is 30.8. The molecule has 0 amide bonds. The van der Waals surface area contributed by atoms with Crippen LogP contribution in [0, 0.1) is 25.7 Å². The second kappa shape index (κ2) is 13.9. The Morgan fingerprint density at radius 3 is 2.51 bits per heavy atom. The van der Waals surface area contributed by atoms with Crippen LogP contribution in [0.25, 0.3) is 33.7 Å². The molecule has 6 rings (SSSR count). The van der Waals surface area contributed by atoms with E-state index < -0.39 is 12.0 Å². The molecule has 0 bridgehead atoms. The highest BCUT2D eigenvalue weighted by molar-refractivity contribution is 5.82. The Morgan fingerprint density at radius 1 is 0.978 bits per heavy atom. The highest BCUT2D eigenvalue weighted by Gasteiger charge is 2.29. The van der Waals surface area contributed by atoms with Gasteiger partial charge < -0.3 is 19.0 Å². The molecule has 45 heavy (non-hydrogen) atoms. The number of likely N-dealkylation sites (tertiary alicyclic amines) is 1. The number of morpholine rings is 1. The van der Waals surface area contributed by atoms with Gasteiger partial charge in [-0.2, -0.15) is 0 Å². The minimum absolute atomic E-state index is 0.485. The largest absolute Gasteiger partial charge is 0.496 e. The number of carboxylic acid groups (broad SMARTS) is 1. The molecule has 1 aromatic heterocycles. The van der Waals surface area contributed by atoms with Crippen molar-refractivity contribution < 1.29 is 23.8 Å². The first-order valence-electron chi connectivity index (χ1n) is 15.8. The second-order valence-corrected chi connectivity index (χ2v) is 12.0. The van der Waals surface area contributed by atoms with Crippen molar-refractivity contribution in [3.8, 4) is 40.2 Å². The zero-order valence-electron chi connectivity index (χ0n) is 26.4. The van der Waals surface area contributed by atoms with Gasteiger partial charge in [-0.15, -0.1) is 0 Å². The average Bonchev–Trinajstić information content (AvgIpc) is 3.47. The minimum atomic E-state index is -0.772. The lowest BCUT2D eigenvalue weighted by Gasteiger charge is -2.33. The molecule has 234 valence electrons. The number of aromatic nitrogens is 1. The van der Waals surface area contributed by atoms with E-state index in [1.807, 2.05) is 23.1 Å². The van der Waals surface area contributed by atoms with Gasteiger partial charge in [-0.25, -0.2) is 4.98 Å². The van der Waals surface area contributed by atoms with Crippen molar-refractivity contribution >= 4 is 17.1 Å². The summed E-state index contributed by atoms with van der Waals surface area (Å²) in [6.07, 6.45) is 3.29. The fourth-order valence-electron chi connectivity index (χ4n) is 6.52. The van der Waals surface area contributed by atoms with E-state index in [0.29, 0.717) is 36.6 Å². The minimum Gasteiger partial charge on any atom is -0.496 e.